The molecule has 1 aliphatic rings. The van der Waals surface area contributed by atoms with Gasteiger partial charge >= 0.3 is 0 Å². The first-order valence-electron chi connectivity index (χ1n) is 7.33. The maximum absolute atomic E-state index is 4.75. The van der Waals surface area contributed by atoms with E-state index in [1.54, 1.807) is 11.3 Å². The van der Waals surface area contributed by atoms with Gasteiger partial charge in [0.25, 0.3) is 0 Å². The van der Waals surface area contributed by atoms with Gasteiger partial charge in [0.2, 0.25) is 5.95 Å². The lowest BCUT2D eigenvalue weighted by Crippen LogP contribution is -2.28. The molecule has 1 aliphatic heterocycles. The normalized spacial score (nSPS) is 18.8. The molecule has 0 amide bonds. The summed E-state index contributed by atoms with van der Waals surface area (Å²) < 4.78 is 0.358. The van der Waals surface area contributed by atoms with E-state index in [9.17, 15) is 0 Å². The first kappa shape index (κ1) is 14.9. The van der Waals surface area contributed by atoms with E-state index < -0.39 is 0 Å². The van der Waals surface area contributed by atoms with E-state index >= 15 is 0 Å². The van der Waals surface area contributed by atoms with Crippen LogP contribution in [0.2, 0.25) is 0 Å². The summed E-state index contributed by atoms with van der Waals surface area (Å²) in [7, 11) is 1.88. The molecule has 0 spiro atoms. The summed E-state index contributed by atoms with van der Waals surface area (Å²) >= 11 is 3.80. The van der Waals surface area contributed by atoms with Gasteiger partial charge in [0.1, 0.15) is 10.6 Å². The van der Waals surface area contributed by atoms with E-state index in [2.05, 4.69) is 53.8 Å². The number of rotatable bonds is 2. The van der Waals surface area contributed by atoms with Gasteiger partial charge in [0.05, 0.1) is 5.39 Å². The highest BCUT2D eigenvalue weighted by atomic mass is 32.2. The molecule has 3 rings (SSSR count). The van der Waals surface area contributed by atoms with Gasteiger partial charge in [-0.3, -0.25) is 0 Å². The minimum atomic E-state index is 0.358. The van der Waals surface area contributed by atoms with Gasteiger partial charge in [-0.25, -0.2) is 4.98 Å². The molecule has 3 heterocycles. The molecule has 4 nitrogen and oxygen atoms in total. The predicted molar refractivity (Wildman–Crippen MR) is 95.1 cm³/mol. The predicted octanol–water partition coefficient (Wildman–Crippen LogP) is 3.76. The van der Waals surface area contributed by atoms with Crippen LogP contribution in [0, 0.1) is 6.92 Å². The van der Waals surface area contributed by atoms with Crippen molar-refractivity contribution in [3.63, 3.8) is 0 Å². The zero-order valence-electron chi connectivity index (χ0n) is 13.1. The van der Waals surface area contributed by atoms with Gasteiger partial charge in [-0.1, -0.05) is 13.8 Å². The third-order valence-corrected chi connectivity index (χ3v) is 6.17. The van der Waals surface area contributed by atoms with E-state index in [0.29, 0.717) is 4.75 Å². The highest BCUT2D eigenvalue weighted by Crippen LogP contribution is 2.36. The zero-order chi connectivity index (χ0) is 15.0. The van der Waals surface area contributed by atoms with Crippen molar-refractivity contribution >= 4 is 45.1 Å². The van der Waals surface area contributed by atoms with Crippen molar-refractivity contribution in [1.82, 2.24) is 9.97 Å². The Balaban J connectivity index is 2.02. The fraction of sp³-hybridized carbons (Fsp3) is 0.600. The maximum Gasteiger partial charge on any atom is 0.225 e. The van der Waals surface area contributed by atoms with Gasteiger partial charge in [-0.05, 0) is 19.4 Å². The molecule has 2 aromatic rings. The third kappa shape index (κ3) is 3.11. The molecule has 0 radical (unpaired) electrons. The van der Waals surface area contributed by atoms with E-state index in [-0.39, 0.29) is 0 Å². The quantitative estimate of drug-likeness (QED) is 0.911. The first-order chi connectivity index (χ1) is 9.98. The second-order valence-corrected chi connectivity index (χ2v) is 9.08. The van der Waals surface area contributed by atoms with E-state index in [1.807, 2.05) is 7.05 Å². The van der Waals surface area contributed by atoms with Gasteiger partial charge in [0, 0.05) is 35.5 Å². The number of hydrogen-bond donors (Lipinski definition) is 1. The van der Waals surface area contributed by atoms with E-state index in [4.69, 9.17) is 4.98 Å². The second-order valence-electron chi connectivity index (χ2n) is 6.04. The molecule has 0 aromatic carbocycles. The van der Waals surface area contributed by atoms with Crippen molar-refractivity contribution < 1.29 is 0 Å². The average Bonchev–Trinajstić information content (AvgIpc) is 2.71. The lowest BCUT2D eigenvalue weighted by Gasteiger charge is -2.24. The minimum absolute atomic E-state index is 0.358. The molecule has 2 aromatic heterocycles. The molecule has 0 bridgehead atoms. The van der Waals surface area contributed by atoms with Crippen LogP contribution in [0.15, 0.2) is 6.07 Å². The molecule has 1 fully saturated rings. The summed E-state index contributed by atoms with van der Waals surface area (Å²) in [6.07, 6.45) is 1.18. The molecule has 0 aliphatic carbocycles. The van der Waals surface area contributed by atoms with Crippen LogP contribution in [0.3, 0.4) is 0 Å². The number of nitrogens with zero attached hydrogens (tertiary/aromatic N) is 3. The molecular formula is C15H22N4S2. The molecule has 0 saturated carbocycles. The Morgan fingerprint density at radius 3 is 2.86 bits per heavy atom. The summed E-state index contributed by atoms with van der Waals surface area (Å²) in [5.74, 6) is 2.96. The van der Waals surface area contributed by atoms with Crippen molar-refractivity contribution in [2.75, 3.05) is 36.1 Å². The Labute approximate surface area is 134 Å². The number of aryl methyl sites for hydroxylation is 1. The molecule has 1 N–H and O–H groups in total. The number of aromatic nitrogens is 2. The number of thiophene rings is 1. The van der Waals surface area contributed by atoms with Crippen molar-refractivity contribution in [1.29, 1.82) is 0 Å². The van der Waals surface area contributed by atoms with Crippen LogP contribution < -0.4 is 10.2 Å². The van der Waals surface area contributed by atoms with Crippen LogP contribution in [0.5, 0.6) is 0 Å². The summed E-state index contributed by atoms with van der Waals surface area (Å²) in [6, 6.07) is 2.22. The Bertz CT molecular complexity index is 650. The molecule has 0 unspecified atom stereocenters. The minimum Gasteiger partial charge on any atom is -0.357 e. The number of hydrogen-bond acceptors (Lipinski definition) is 6. The Kier molecular flexibility index (Phi) is 4.01. The van der Waals surface area contributed by atoms with E-state index in [0.717, 1.165) is 35.4 Å². The maximum atomic E-state index is 4.75. The van der Waals surface area contributed by atoms with Crippen molar-refractivity contribution in [2.45, 2.75) is 31.9 Å². The zero-order valence-corrected chi connectivity index (χ0v) is 14.7. The average molecular weight is 323 g/mol. The van der Waals surface area contributed by atoms with E-state index in [1.165, 1.54) is 16.7 Å². The molecule has 6 heteroatoms. The van der Waals surface area contributed by atoms with Crippen LogP contribution in [0.1, 0.15) is 25.1 Å². The lowest BCUT2D eigenvalue weighted by molar-refractivity contribution is 0.636. The molecule has 21 heavy (non-hydrogen) atoms. The Morgan fingerprint density at radius 2 is 2.10 bits per heavy atom. The number of thioether (sulfide) groups is 1. The highest BCUT2D eigenvalue weighted by molar-refractivity contribution is 8.00. The van der Waals surface area contributed by atoms with Crippen LogP contribution in [-0.4, -0.2) is 40.6 Å². The Morgan fingerprint density at radius 1 is 1.29 bits per heavy atom. The van der Waals surface area contributed by atoms with Crippen LogP contribution in [0.4, 0.5) is 11.8 Å². The summed E-state index contributed by atoms with van der Waals surface area (Å²) in [6.45, 7) is 8.92. The third-order valence-electron chi connectivity index (χ3n) is 3.86. The number of nitrogens with one attached hydrogen (secondary N) is 1. The summed E-state index contributed by atoms with van der Waals surface area (Å²) in [4.78, 5) is 14.1. The van der Waals surface area contributed by atoms with Gasteiger partial charge in [-0.15, -0.1) is 11.3 Å². The van der Waals surface area contributed by atoms with Gasteiger partial charge in [0.15, 0.2) is 0 Å². The summed E-state index contributed by atoms with van der Waals surface area (Å²) in [5.41, 5.74) is 0. The molecule has 114 valence electrons. The second kappa shape index (κ2) is 5.65. The lowest BCUT2D eigenvalue weighted by atomic mass is 10.1. The smallest absolute Gasteiger partial charge is 0.225 e. The SMILES string of the molecule is CNc1nc(N2CCSC(C)(C)CC2)c2cc(C)sc2n1. The first-order valence-corrected chi connectivity index (χ1v) is 9.13. The molecular weight excluding hydrogens is 300 g/mol. The topological polar surface area (TPSA) is 41.1 Å². The number of anilines is 2. The largest absolute Gasteiger partial charge is 0.357 e. The van der Waals surface area contributed by atoms with Crippen molar-refractivity contribution in [3.8, 4) is 0 Å². The number of fused-ring (bicyclic) bond motifs is 1. The standard InChI is InChI=1S/C15H22N4S2/c1-10-9-11-12(17-14(16-4)18-13(11)21-10)19-6-5-15(2,3)20-8-7-19/h9H,5-8H2,1-4H3,(H,16,17,18). The summed E-state index contributed by atoms with van der Waals surface area (Å²) in [5, 5.41) is 4.29. The fourth-order valence-corrected chi connectivity index (χ4v) is 4.59. The van der Waals surface area contributed by atoms with Crippen LogP contribution in [0.25, 0.3) is 10.2 Å². The van der Waals surface area contributed by atoms with Crippen LogP contribution >= 0.6 is 23.1 Å². The Hall–Kier alpha value is -1.01. The van der Waals surface area contributed by atoms with Crippen molar-refractivity contribution in [3.05, 3.63) is 10.9 Å². The van der Waals surface area contributed by atoms with Gasteiger partial charge in [-0.2, -0.15) is 16.7 Å². The van der Waals surface area contributed by atoms with Crippen LogP contribution in [-0.2, 0) is 0 Å². The highest BCUT2D eigenvalue weighted by Gasteiger charge is 2.25. The van der Waals surface area contributed by atoms with Gasteiger partial charge < -0.3 is 10.2 Å². The molecule has 0 atom stereocenters. The molecule has 1 saturated heterocycles. The fourth-order valence-electron chi connectivity index (χ4n) is 2.61. The monoisotopic (exact) mass is 322 g/mol. The van der Waals surface area contributed by atoms with Crippen molar-refractivity contribution in [2.24, 2.45) is 0 Å².